The van der Waals surface area contributed by atoms with Crippen molar-refractivity contribution in [3.8, 4) is 0 Å². The molecule has 0 aromatic carbocycles. The molecule has 0 radical (unpaired) electrons. The second-order valence-electron chi connectivity index (χ2n) is 3.56. The largest absolute Gasteiger partial charge is 0.384 e. The second kappa shape index (κ2) is 3.69. The van der Waals surface area contributed by atoms with Crippen molar-refractivity contribution in [2.45, 2.75) is 0 Å². The number of nitrogen functional groups attached to an aromatic ring is 1. The number of sulfone groups is 1. The number of hydrogen-bond donors (Lipinski definition) is 1. The molecule has 0 saturated carbocycles. The van der Waals surface area contributed by atoms with Gasteiger partial charge in [-0.15, -0.1) is 0 Å². The topological polar surface area (TPSA) is 76.3 Å². The highest BCUT2D eigenvalue weighted by atomic mass is 32.2. The van der Waals surface area contributed by atoms with Crippen LogP contribution < -0.4 is 10.6 Å². The molecular weight excluding hydrogens is 214 g/mol. The number of nitrogens with zero attached hydrogens (tertiary/aromatic N) is 2. The second-order valence-corrected chi connectivity index (χ2v) is 5.86. The first-order chi connectivity index (χ1) is 7.07. The molecular formula is C9H13N3O2S. The summed E-state index contributed by atoms with van der Waals surface area (Å²) in [5.41, 5.74) is 5.56. The minimum Gasteiger partial charge on any atom is -0.384 e. The molecule has 1 aromatic rings. The molecule has 1 aromatic heterocycles. The minimum absolute atomic E-state index is 0.198. The van der Waals surface area contributed by atoms with Crippen molar-refractivity contribution in [2.75, 3.05) is 35.2 Å². The standard InChI is InChI=1S/C9H13N3O2S/c10-8-2-1-3-9(11-8)12-4-6-15(13,14)7-5-12/h1-3H,4-7H2,(H2,10,11). The van der Waals surface area contributed by atoms with Gasteiger partial charge in [0.2, 0.25) is 0 Å². The molecule has 82 valence electrons. The first-order valence-electron chi connectivity index (χ1n) is 4.75. The Bertz CT molecular complexity index is 444. The molecule has 2 N–H and O–H groups in total. The van der Waals surface area contributed by atoms with E-state index in [1.807, 2.05) is 17.0 Å². The van der Waals surface area contributed by atoms with Crippen LogP contribution in [0.2, 0.25) is 0 Å². The maximum Gasteiger partial charge on any atom is 0.153 e. The fourth-order valence-corrected chi connectivity index (χ4v) is 2.76. The normalized spacial score (nSPS) is 20.1. The summed E-state index contributed by atoms with van der Waals surface area (Å²) in [5, 5.41) is 0. The Labute approximate surface area is 88.8 Å². The van der Waals surface area contributed by atoms with Gasteiger partial charge < -0.3 is 10.6 Å². The maximum atomic E-state index is 11.2. The van der Waals surface area contributed by atoms with Crippen molar-refractivity contribution in [2.24, 2.45) is 0 Å². The van der Waals surface area contributed by atoms with E-state index in [1.165, 1.54) is 0 Å². The van der Waals surface area contributed by atoms with Crippen LogP contribution in [0.25, 0.3) is 0 Å². The molecule has 1 aliphatic heterocycles. The van der Waals surface area contributed by atoms with E-state index in [2.05, 4.69) is 4.98 Å². The smallest absolute Gasteiger partial charge is 0.153 e. The van der Waals surface area contributed by atoms with E-state index in [0.717, 1.165) is 5.82 Å². The average molecular weight is 227 g/mol. The van der Waals surface area contributed by atoms with Crippen LogP contribution in [0.1, 0.15) is 0 Å². The number of hydrogen-bond acceptors (Lipinski definition) is 5. The number of aromatic nitrogens is 1. The number of nitrogens with two attached hydrogens (primary N) is 1. The highest BCUT2D eigenvalue weighted by molar-refractivity contribution is 7.91. The van der Waals surface area contributed by atoms with Gasteiger partial charge >= 0.3 is 0 Å². The van der Waals surface area contributed by atoms with Crippen LogP contribution in [0.4, 0.5) is 11.6 Å². The SMILES string of the molecule is Nc1cccc(N2CCS(=O)(=O)CC2)n1. The third-order valence-corrected chi connectivity index (χ3v) is 4.03. The summed E-state index contributed by atoms with van der Waals surface area (Å²) in [6.45, 7) is 0.998. The Balaban J connectivity index is 2.14. The highest BCUT2D eigenvalue weighted by Crippen LogP contribution is 2.15. The first-order valence-corrected chi connectivity index (χ1v) is 6.57. The summed E-state index contributed by atoms with van der Waals surface area (Å²) in [5.74, 6) is 1.61. The van der Waals surface area contributed by atoms with Crippen LogP contribution in [-0.2, 0) is 9.84 Å². The molecule has 1 aliphatic rings. The lowest BCUT2D eigenvalue weighted by Crippen LogP contribution is -2.40. The zero-order chi connectivity index (χ0) is 10.9. The van der Waals surface area contributed by atoms with Crippen LogP contribution in [-0.4, -0.2) is 38.0 Å². The van der Waals surface area contributed by atoms with E-state index in [4.69, 9.17) is 5.73 Å². The van der Waals surface area contributed by atoms with Crippen LogP contribution in [0.15, 0.2) is 18.2 Å². The van der Waals surface area contributed by atoms with Gasteiger partial charge in [0.25, 0.3) is 0 Å². The van der Waals surface area contributed by atoms with Crippen LogP contribution in [0, 0.1) is 0 Å². The predicted molar refractivity (Wildman–Crippen MR) is 59.5 cm³/mol. The molecule has 0 amide bonds. The summed E-state index contributed by atoms with van der Waals surface area (Å²) in [7, 11) is -2.83. The fraction of sp³-hybridized carbons (Fsp3) is 0.444. The summed E-state index contributed by atoms with van der Waals surface area (Å²) < 4.78 is 22.4. The van der Waals surface area contributed by atoms with Gasteiger partial charge in [0.05, 0.1) is 11.5 Å². The third kappa shape index (κ3) is 2.38. The Morgan fingerprint density at radius 1 is 1.27 bits per heavy atom. The van der Waals surface area contributed by atoms with Crippen molar-refractivity contribution in [3.63, 3.8) is 0 Å². The van der Waals surface area contributed by atoms with Gasteiger partial charge in [-0.25, -0.2) is 13.4 Å². The number of pyridine rings is 1. The Hall–Kier alpha value is -1.30. The summed E-state index contributed by atoms with van der Waals surface area (Å²) in [6, 6.07) is 5.37. The van der Waals surface area contributed by atoms with Crippen molar-refractivity contribution in [1.82, 2.24) is 4.98 Å². The minimum atomic E-state index is -2.83. The molecule has 0 bridgehead atoms. The summed E-state index contributed by atoms with van der Waals surface area (Å²) in [4.78, 5) is 6.10. The summed E-state index contributed by atoms with van der Waals surface area (Å²) >= 11 is 0. The monoisotopic (exact) mass is 227 g/mol. The number of rotatable bonds is 1. The van der Waals surface area contributed by atoms with Gasteiger partial charge in [0.1, 0.15) is 11.6 Å². The van der Waals surface area contributed by atoms with Gasteiger partial charge in [-0.2, -0.15) is 0 Å². The molecule has 0 atom stereocenters. The van der Waals surface area contributed by atoms with E-state index >= 15 is 0 Å². The molecule has 5 nitrogen and oxygen atoms in total. The van der Waals surface area contributed by atoms with Gasteiger partial charge in [-0.1, -0.05) is 6.07 Å². The molecule has 0 unspecified atom stereocenters. The lowest BCUT2D eigenvalue weighted by molar-refractivity contribution is 0.586. The Morgan fingerprint density at radius 3 is 2.53 bits per heavy atom. The predicted octanol–water partition coefficient (Wildman–Crippen LogP) is -0.101. The van der Waals surface area contributed by atoms with Crippen molar-refractivity contribution < 1.29 is 8.42 Å². The number of anilines is 2. The van der Waals surface area contributed by atoms with E-state index in [0.29, 0.717) is 18.9 Å². The third-order valence-electron chi connectivity index (χ3n) is 2.42. The lowest BCUT2D eigenvalue weighted by atomic mass is 10.4. The Morgan fingerprint density at radius 2 is 1.93 bits per heavy atom. The van der Waals surface area contributed by atoms with Gasteiger partial charge in [-0.05, 0) is 12.1 Å². The highest BCUT2D eigenvalue weighted by Gasteiger charge is 2.22. The molecule has 1 saturated heterocycles. The van der Waals surface area contributed by atoms with E-state index in [1.54, 1.807) is 6.07 Å². The molecule has 0 aliphatic carbocycles. The summed E-state index contributed by atoms with van der Waals surface area (Å²) in [6.07, 6.45) is 0. The zero-order valence-electron chi connectivity index (χ0n) is 8.26. The maximum absolute atomic E-state index is 11.2. The van der Waals surface area contributed by atoms with Gasteiger partial charge in [0.15, 0.2) is 9.84 Å². The van der Waals surface area contributed by atoms with E-state index in [-0.39, 0.29) is 11.5 Å². The van der Waals surface area contributed by atoms with Crippen molar-refractivity contribution >= 4 is 21.5 Å². The van der Waals surface area contributed by atoms with Gasteiger partial charge in [-0.3, -0.25) is 0 Å². The zero-order valence-corrected chi connectivity index (χ0v) is 9.07. The van der Waals surface area contributed by atoms with Gasteiger partial charge in [0, 0.05) is 13.1 Å². The first kappa shape index (κ1) is 10.2. The average Bonchev–Trinajstić information content (AvgIpc) is 2.17. The van der Waals surface area contributed by atoms with Crippen LogP contribution >= 0.6 is 0 Å². The molecule has 1 fully saturated rings. The van der Waals surface area contributed by atoms with E-state index in [9.17, 15) is 8.42 Å². The van der Waals surface area contributed by atoms with Crippen molar-refractivity contribution in [1.29, 1.82) is 0 Å². The van der Waals surface area contributed by atoms with Crippen LogP contribution in [0.5, 0.6) is 0 Å². The Kier molecular flexibility index (Phi) is 2.52. The lowest BCUT2D eigenvalue weighted by Gasteiger charge is -2.27. The molecule has 2 heterocycles. The quantitative estimate of drug-likeness (QED) is 0.725. The molecule has 6 heteroatoms. The van der Waals surface area contributed by atoms with E-state index < -0.39 is 9.84 Å². The van der Waals surface area contributed by atoms with Crippen molar-refractivity contribution in [3.05, 3.63) is 18.2 Å². The molecule has 0 spiro atoms. The molecule has 2 rings (SSSR count). The molecule has 15 heavy (non-hydrogen) atoms. The van der Waals surface area contributed by atoms with Crippen LogP contribution in [0.3, 0.4) is 0 Å². The fourth-order valence-electron chi connectivity index (χ4n) is 1.56.